The topological polar surface area (TPSA) is 93.1 Å². The number of imide groups is 1. The maximum Gasteiger partial charge on any atom is 0.421 e. The number of hydrogen-bond donors (Lipinski definition) is 1. The molecule has 0 saturated carbocycles. The van der Waals surface area contributed by atoms with Gasteiger partial charge in [-0.3, -0.25) is 4.79 Å². The fraction of sp³-hybridized carbons (Fsp3) is 0.0952. The van der Waals surface area contributed by atoms with Crippen LogP contribution >= 0.6 is 23.2 Å². The number of benzene rings is 3. The second-order valence-electron chi connectivity index (χ2n) is 6.09. The summed E-state index contributed by atoms with van der Waals surface area (Å²) in [6, 6.07) is 13.8. The van der Waals surface area contributed by atoms with Gasteiger partial charge in [0.05, 0.1) is 23.4 Å². The standard InChI is InChI=1S/C21H15Cl2NO6/c1-29-21(28)24(15-5-3-2-4-6-15)18(25)11-30-17-9-13(20(26)27)7-12-8-14(22)10-16(23)19(12)17/h2-10H,11H2,1H3,(H,26,27). The van der Waals surface area contributed by atoms with Crippen LogP contribution in [0.3, 0.4) is 0 Å². The van der Waals surface area contributed by atoms with E-state index in [1.807, 2.05) is 0 Å². The van der Waals surface area contributed by atoms with Gasteiger partial charge < -0.3 is 14.6 Å². The summed E-state index contributed by atoms with van der Waals surface area (Å²) in [5.41, 5.74) is 0.225. The molecule has 0 saturated heterocycles. The third kappa shape index (κ3) is 4.48. The smallest absolute Gasteiger partial charge is 0.421 e. The number of carboxylic acids is 1. The predicted octanol–water partition coefficient (Wildman–Crippen LogP) is 5.02. The molecule has 0 fully saturated rings. The summed E-state index contributed by atoms with van der Waals surface area (Å²) < 4.78 is 10.3. The number of carboxylic acid groups (broad SMARTS) is 1. The molecule has 0 aliphatic carbocycles. The van der Waals surface area contributed by atoms with E-state index in [2.05, 4.69) is 0 Å². The Morgan fingerprint density at radius 1 is 1.03 bits per heavy atom. The van der Waals surface area contributed by atoms with Crippen molar-refractivity contribution in [3.05, 3.63) is 70.2 Å². The van der Waals surface area contributed by atoms with E-state index in [9.17, 15) is 19.5 Å². The summed E-state index contributed by atoms with van der Waals surface area (Å²) in [6.07, 6.45) is -0.885. The molecule has 30 heavy (non-hydrogen) atoms. The van der Waals surface area contributed by atoms with E-state index in [1.54, 1.807) is 30.3 Å². The zero-order valence-electron chi connectivity index (χ0n) is 15.6. The number of carbonyl (C=O) groups is 3. The van der Waals surface area contributed by atoms with Gasteiger partial charge >= 0.3 is 12.1 Å². The third-order valence-corrected chi connectivity index (χ3v) is 4.66. The fourth-order valence-electron chi connectivity index (χ4n) is 2.85. The number of para-hydroxylation sites is 1. The van der Waals surface area contributed by atoms with Crippen LogP contribution in [0.5, 0.6) is 5.75 Å². The van der Waals surface area contributed by atoms with Gasteiger partial charge in [0.15, 0.2) is 6.61 Å². The van der Waals surface area contributed by atoms with Crippen molar-refractivity contribution in [1.29, 1.82) is 0 Å². The molecule has 0 unspecified atom stereocenters. The highest BCUT2D eigenvalue weighted by molar-refractivity contribution is 6.39. The van der Waals surface area contributed by atoms with Crippen molar-refractivity contribution in [2.75, 3.05) is 18.6 Å². The number of methoxy groups -OCH3 is 1. The summed E-state index contributed by atoms with van der Waals surface area (Å²) in [6.45, 7) is -0.568. The van der Waals surface area contributed by atoms with Crippen molar-refractivity contribution in [3.8, 4) is 5.75 Å². The number of amides is 2. The number of aromatic carboxylic acids is 1. The zero-order chi connectivity index (χ0) is 21.8. The van der Waals surface area contributed by atoms with E-state index < -0.39 is 24.6 Å². The molecule has 9 heteroatoms. The summed E-state index contributed by atoms with van der Waals surface area (Å²) in [7, 11) is 1.15. The Hall–Kier alpha value is -3.29. The number of anilines is 1. The minimum atomic E-state index is -1.19. The first-order chi connectivity index (χ1) is 14.3. The molecule has 0 spiro atoms. The summed E-state index contributed by atoms with van der Waals surface area (Å²) >= 11 is 12.3. The summed E-state index contributed by atoms with van der Waals surface area (Å²) in [5.74, 6) is -1.84. The Bertz CT molecular complexity index is 1130. The number of carbonyl (C=O) groups excluding carboxylic acids is 2. The second kappa shape index (κ2) is 9.02. The molecule has 154 valence electrons. The maximum atomic E-state index is 12.7. The molecule has 0 radical (unpaired) electrons. The molecule has 0 heterocycles. The van der Waals surface area contributed by atoms with Crippen molar-refractivity contribution >= 4 is 57.6 Å². The van der Waals surface area contributed by atoms with Gasteiger partial charge in [0.2, 0.25) is 0 Å². The predicted molar refractivity (Wildman–Crippen MR) is 113 cm³/mol. The van der Waals surface area contributed by atoms with Crippen LogP contribution in [0.15, 0.2) is 54.6 Å². The first kappa shape index (κ1) is 21.4. The number of ether oxygens (including phenoxy) is 2. The van der Waals surface area contributed by atoms with Crippen LogP contribution in [0.1, 0.15) is 10.4 Å². The first-order valence-corrected chi connectivity index (χ1v) is 9.32. The Kier molecular flexibility index (Phi) is 6.44. The van der Waals surface area contributed by atoms with Gasteiger partial charge in [-0.15, -0.1) is 0 Å². The van der Waals surface area contributed by atoms with Gasteiger partial charge in [0.25, 0.3) is 5.91 Å². The fourth-order valence-corrected chi connectivity index (χ4v) is 3.45. The van der Waals surface area contributed by atoms with Crippen molar-refractivity contribution in [3.63, 3.8) is 0 Å². The molecular formula is C21H15Cl2NO6. The van der Waals surface area contributed by atoms with E-state index in [0.717, 1.165) is 12.0 Å². The molecule has 0 aromatic heterocycles. The monoisotopic (exact) mass is 447 g/mol. The van der Waals surface area contributed by atoms with E-state index in [4.69, 9.17) is 32.7 Å². The third-order valence-electron chi connectivity index (χ3n) is 4.15. The van der Waals surface area contributed by atoms with Crippen LogP contribution in [0, 0.1) is 0 Å². The van der Waals surface area contributed by atoms with Crippen molar-refractivity contribution in [1.82, 2.24) is 0 Å². The molecule has 3 aromatic rings. The number of fused-ring (bicyclic) bond motifs is 1. The van der Waals surface area contributed by atoms with Gasteiger partial charge in [-0.05, 0) is 41.8 Å². The Morgan fingerprint density at radius 2 is 1.73 bits per heavy atom. The molecule has 2 amide bonds. The average Bonchev–Trinajstić information content (AvgIpc) is 2.72. The molecule has 0 bridgehead atoms. The lowest BCUT2D eigenvalue weighted by molar-refractivity contribution is -0.120. The van der Waals surface area contributed by atoms with Crippen LogP contribution in [-0.4, -0.2) is 36.8 Å². The van der Waals surface area contributed by atoms with Gasteiger partial charge in [0, 0.05) is 10.4 Å². The van der Waals surface area contributed by atoms with Gasteiger partial charge in [-0.1, -0.05) is 41.4 Å². The molecule has 3 rings (SSSR count). The largest absolute Gasteiger partial charge is 0.483 e. The number of halogens is 2. The average molecular weight is 448 g/mol. The second-order valence-corrected chi connectivity index (χ2v) is 6.93. The highest BCUT2D eigenvalue weighted by Crippen LogP contribution is 2.36. The van der Waals surface area contributed by atoms with Crippen molar-refractivity contribution in [2.24, 2.45) is 0 Å². The van der Waals surface area contributed by atoms with Crippen LogP contribution in [0.25, 0.3) is 10.8 Å². The highest BCUT2D eigenvalue weighted by atomic mass is 35.5. The van der Waals surface area contributed by atoms with Gasteiger partial charge in [-0.2, -0.15) is 0 Å². The Balaban J connectivity index is 1.96. The van der Waals surface area contributed by atoms with Crippen LogP contribution in [-0.2, 0) is 9.53 Å². The van der Waals surface area contributed by atoms with Crippen molar-refractivity contribution in [2.45, 2.75) is 0 Å². The van der Waals surface area contributed by atoms with Crippen LogP contribution < -0.4 is 9.64 Å². The van der Waals surface area contributed by atoms with E-state index in [0.29, 0.717) is 21.5 Å². The van der Waals surface area contributed by atoms with E-state index in [1.165, 1.54) is 24.3 Å². The van der Waals surface area contributed by atoms with Crippen molar-refractivity contribution < 1.29 is 29.0 Å². The molecule has 7 nitrogen and oxygen atoms in total. The van der Waals surface area contributed by atoms with E-state index >= 15 is 0 Å². The molecular weight excluding hydrogens is 433 g/mol. The normalized spacial score (nSPS) is 10.5. The molecule has 1 N–H and O–H groups in total. The number of rotatable bonds is 5. The highest BCUT2D eigenvalue weighted by Gasteiger charge is 2.25. The van der Waals surface area contributed by atoms with Crippen LogP contribution in [0.4, 0.5) is 10.5 Å². The quantitative estimate of drug-likeness (QED) is 0.589. The number of hydrogen-bond acceptors (Lipinski definition) is 5. The zero-order valence-corrected chi connectivity index (χ0v) is 17.1. The lowest BCUT2D eigenvalue weighted by Gasteiger charge is -2.20. The summed E-state index contributed by atoms with van der Waals surface area (Å²) in [4.78, 5) is 37.2. The molecule has 0 atom stereocenters. The lowest BCUT2D eigenvalue weighted by atomic mass is 10.1. The lowest BCUT2D eigenvalue weighted by Crippen LogP contribution is -2.40. The SMILES string of the molecule is COC(=O)N(C(=O)COc1cc(C(=O)O)cc2cc(Cl)cc(Cl)c12)c1ccccc1. The first-order valence-electron chi connectivity index (χ1n) is 8.56. The summed E-state index contributed by atoms with van der Waals surface area (Å²) in [5, 5.41) is 10.7. The molecule has 0 aliphatic rings. The Labute approximate surface area is 181 Å². The van der Waals surface area contributed by atoms with Gasteiger partial charge in [-0.25, -0.2) is 14.5 Å². The van der Waals surface area contributed by atoms with Gasteiger partial charge in [0.1, 0.15) is 5.75 Å². The minimum Gasteiger partial charge on any atom is -0.483 e. The maximum absolute atomic E-state index is 12.7. The Morgan fingerprint density at radius 3 is 2.37 bits per heavy atom. The van der Waals surface area contributed by atoms with Crippen LogP contribution in [0.2, 0.25) is 10.0 Å². The van der Waals surface area contributed by atoms with E-state index in [-0.39, 0.29) is 16.3 Å². The molecule has 0 aliphatic heterocycles. The molecule has 3 aromatic carbocycles. The minimum absolute atomic E-state index is 0.0674. The number of nitrogens with zero attached hydrogens (tertiary/aromatic N) is 1.